The SMILES string of the molecule is C/C(=C/C(Br)(Br)Br)C(Br)(Br)Br. The molecular weight excluding hydrogens is 539 g/mol. The van der Waals surface area contributed by atoms with Crippen LogP contribution in [0, 0.1) is 0 Å². The van der Waals surface area contributed by atoms with Crippen molar-refractivity contribution in [2.24, 2.45) is 0 Å². The van der Waals surface area contributed by atoms with Crippen molar-refractivity contribution in [2.75, 3.05) is 0 Å². The highest BCUT2D eigenvalue weighted by Crippen LogP contribution is 2.44. The molecule has 0 aliphatic carbocycles. The number of hydrogen-bond acceptors (Lipinski definition) is 0. The first-order valence-corrected chi connectivity index (χ1v) is 7.22. The van der Waals surface area contributed by atoms with Crippen molar-refractivity contribution in [2.45, 2.75) is 11.2 Å². The molecule has 0 atom stereocenters. The van der Waals surface area contributed by atoms with Crippen LogP contribution in [-0.4, -0.2) is 4.29 Å². The molecule has 0 saturated carbocycles. The molecule has 0 saturated heterocycles. The lowest BCUT2D eigenvalue weighted by Crippen LogP contribution is -2.05. The molecule has 0 N–H and O–H groups in total. The fraction of sp³-hybridized carbons (Fsp3) is 0.600. The molecule has 0 aromatic heterocycles. The summed E-state index contributed by atoms with van der Waals surface area (Å²) in [5.74, 6) is 0. The molecule has 0 unspecified atom stereocenters. The maximum absolute atomic E-state index is 3.40. The van der Waals surface area contributed by atoms with Gasteiger partial charge in [0.2, 0.25) is 0 Å². The first-order valence-electron chi connectivity index (χ1n) is 2.46. The zero-order valence-corrected chi connectivity index (χ0v) is 14.9. The molecule has 0 rings (SSSR count). The Bertz CT molecular complexity index is 159. The molecule has 0 bridgehead atoms. The van der Waals surface area contributed by atoms with Gasteiger partial charge in [0.1, 0.15) is 0 Å². The Balaban J connectivity index is 4.49. The number of allylic oxidation sites excluding steroid dienone is 2. The van der Waals surface area contributed by atoms with E-state index >= 15 is 0 Å². The second kappa shape index (κ2) is 4.91. The smallest absolute Gasteiger partial charge is 0.0552 e. The van der Waals surface area contributed by atoms with Gasteiger partial charge in [-0.2, -0.15) is 0 Å². The summed E-state index contributed by atoms with van der Waals surface area (Å²) >= 11 is 20.3. The fourth-order valence-corrected chi connectivity index (χ4v) is 1.70. The Labute approximate surface area is 117 Å². The molecule has 0 heterocycles. The molecule has 6 heteroatoms. The van der Waals surface area contributed by atoms with Gasteiger partial charge in [-0.25, -0.2) is 0 Å². The van der Waals surface area contributed by atoms with Crippen molar-refractivity contribution in [3.05, 3.63) is 11.6 Å². The molecule has 66 valence electrons. The molecule has 11 heavy (non-hydrogen) atoms. The first kappa shape index (κ1) is 13.6. The summed E-state index contributed by atoms with van der Waals surface area (Å²) in [5, 5.41) is 0. The monoisotopic (exact) mass is 538 g/mol. The second-order valence-corrected chi connectivity index (χ2v) is 15.6. The van der Waals surface area contributed by atoms with Crippen molar-refractivity contribution in [3.8, 4) is 0 Å². The third-order valence-corrected chi connectivity index (χ3v) is 3.39. The molecule has 0 radical (unpaired) electrons. The molecule has 0 aromatic carbocycles. The molecule has 0 aliphatic heterocycles. The Morgan fingerprint density at radius 1 is 1.00 bits per heavy atom. The topological polar surface area (TPSA) is 0 Å². The van der Waals surface area contributed by atoms with E-state index in [1.807, 2.05) is 13.0 Å². The fourth-order valence-electron chi connectivity index (χ4n) is 0.327. The van der Waals surface area contributed by atoms with Crippen LogP contribution in [0.5, 0.6) is 0 Å². The Morgan fingerprint density at radius 2 is 1.36 bits per heavy atom. The zero-order valence-electron chi connectivity index (χ0n) is 5.35. The number of halogens is 6. The van der Waals surface area contributed by atoms with Crippen LogP contribution in [0.25, 0.3) is 0 Å². The van der Waals surface area contributed by atoms with Crippen LogP contribution in [0.2, 0.25) is 0 Å². The van der Waals surface area contributed by atoms with E-state index in [1.165, 1.54) is 0 Å². The summed E-state index contributed by atoms with van der Waals surface area (Å²) in [6.45, 7) is 1.98. The maximum atomic E-state index is 3.40. The van der Waals surface area contributed by atoms with E-state index in [1.54, 1.807) is 0 Å². The number of alkyl halides is 6. The van der Waals surface area contributed by atoms with Gasteiger partial charge in [0.15, 0.2) is 4.29 Å². The van der Waals surface area contributed by atoms with E-state index in [9.17, 15) is 0 Å². The Kier molecular flexibility index (Phi) is 6.09. The largest absolute Gasteiger partial charge is 0.155 e. The van der Waals surface area contributed by atoms with E-state index in [4.69, 9.17) is 0 Å². The molecule has 0 aromatic rings. The zero-order chi connectivity index (χ0) is 9.28. The van der Waals surface area contributed by atoms with Crippen molar-refractivity contribution in [1.29, 1.82) is 0 Å². The maximum Gasteiger partial charge on any atom is 0.155 e. The van der Waals surface area contributed by atoms with Crippen LogP contribution in [0.15, 0.2) is 11.6 Å². The summed E-state index contributed by atoms with van der Waals surface area (Å²) in [6.07, 6.45) is 1.96. The van der Waals surface area contributed by atoms with Gasteiger partial charge in [-0.1, -0.05) is 95.6 Å². The van der Waals surface area contributed by atoms with Crippen LogP contribution < -0.4 is 0 Å². The van der Waals surface area contributed by atoms with Gasteiger partial charge in [-0.15, -0.1) is 0 Å². The Morgan fingerprint density at radius 3 is 1.45 bits per heavy atom. The second-order valence-electron chi connectivity index (χ2n) is 1.87. The van der Waals surface area contributed by atoms with E-state index in [0.717, 1.165) is 5.57 Å². The highest BCUT2D eigenvalue weighted by atomic mass is 80.0. The van der Waals surface area contributed by atoms with Crippen LogP contribution in [0.1, 0.15) is 6.92 Å². The van der Waals surface area contributed by atoms with Gasteiger partial charge in [0.05, 0.1) is 0 Å². The summed E-state index contributed by atoms with van der Waals surface area (Å²) in [4.78, 5) is 0. The Hall–Kier alpha value is 2.62. The van der Waals surface area contributed by atoms with Crippen LogP contribution >= 0.6 is 95.6 Å². The summed E-state index contributed by atoms with van der Waals surface area (Å²) in [6, 6.07) is 0. The van der Waals surface area contributed by atoms with E-state index in [-0.39, 0.29) is 4.29 Å². The predicted molar refractivity (Wildman–Crippen MR) is 72.8 cm³/mol. The van der Waals surface area contributed by atoms with Gasteiger partial charge >= 0.3 is 0 Å². The highest BCUT2D eigenvalue weighted by molar-refractivity contribution is 9.40. The minimum absolute atomic E-state index is 0.326. The summed E-state index contributed by atoms with van der Waals surface area (Å²) in [7, 11) is 0. The minimum atomic E-state index is -0.336. The highest BCUT2D eigenvalue weighted by Gasteiger charge is 2.24. The third kappa shape index (κ3) is 7.67. The standard InChI is InChI=1S/C5H4Br6/c1-3(5(9,10)11)2-4(6,7)8/h2H,1H3/b3-2-. The number of rotatable bonds is 0. The van der Waals surface area contributed by atoms with E-state index < -0.39 is 0 Å². The van der Waals surface area contributed by atoms with Crippen molar-refractivity contribution < 1.29 is 0 Å². The number of hydrogen-bond donors (Lipinski definition) is 0. The third-order valence-electron chi connectivity index (χ3n) is 0.827. The van der Waals surface area contributed by atoms with Crippen LogP contribution in [0.4, 0.5) is 0 Å². The lowest BCUT2D eigenvalue weighted by atomic mass is 10.3. The van der Waals surface area contributed by atoms with Gasteiger partial charge in [-0.05, 0) is 18.6 Å². The molecule has 0 aliphatic rings. The molecule has 0 nitrogen and oxygen atoms in total. The summed E-state index contributed by atoms with van der Waals surface area (Å²) in [5.41, 5.74) is 1.09. The normalized spacial score (nSPS) is 15.4. The molecule has 0 fully saturated rings. The molecule has 0 amide bonds. The minimum Gasteiger partial charge on any atom is -0.0552 e. The van der Waals surface area contributed by atoms with Gasteiger partial charge in [-0.3, -0.25) is 0 Å². The van der Waals surface area contributed by atoms with Crippen molar-refractivity contribution >= 4 is 95.6 Å². The average Bonchev–Trinajstić information content (AvgIpc) is 1.56. The van der Waals surface area contributed by atoms with Gasteiger partial charge in [0, 0.05) is 0 Å². The summed E-state index contributed by atoms with van der Waals surface area (Å²) < 4.78 is -0.662. The van der Waals surface area contributed by atoms with Crippen LogP contribution in [0.3, 0.4) is 0 Å². The lowest BCUT2D eigenvalue weighted by molar-refractivity contribution is 1.31. The van der Waals surface area contributed by atoms with E-state index in [0.29, 0.717) is 0 Å². The van der Waals surface area contributed by atoms with E-state index in [2.05, 4.69) is 95.6 Å². The quantitative estimate of drug-likeness (QED) is 0.275. The van der Waals surface area contributed by atoms with Gasteiger partial charge in [0.25, 0.3) is 0 Å². The molecule has 0 spiro atoms. The van der Waals surface area contributed by atoms with Crippen LogP contribution in [-0.2, 0) is 0 Å². The lowest BCUT2D eigenvalue weighted by Gasteiger charge is -2.15. The van der Waals surface area contributed by atoms with Gasteiger partial charge < -0.3 is 0 Å². The average molecular weight is 544 g/mol. The van der Waals surface area contributed by atoms with Crippen molar-refractivity contribution in [1.82, 2.24) is 0 Å². The van der Waals surface area contributed by atoms with Crippen molar-refractivity contribution in [3.63, 3.8) is 0 Å². The first-order chi connectivity index (χ1) is 4.63. The predicted octanol–water partition coefficient (Wildman–Crippen LogP) is 5.61. The molecular formula is C5H4Br6.